The van der Waals surface area contributed by atoms with Gasteiger partial charge in [0, 0.05) is 6.54 Å². The second-order valence-corrected chi connectivity index (χ2v) is 5.12. The summed E-state index contributed by atoms with van der Waals surface area (Å²) in [6, 6.07) is 13.4. The second-order valence-electron chi connectivity index (χ2n) is 5.12. The van der Waals surface area contributed by atoms with E-state index in [1.807, 2.05) is 24.3 Å². The molecule has 2 N–H and O–H groups in total. The summed E-state index contributed by atoms with van der Waals surface area (Å²) in [6.07, 6.45) is 0. The van der Waals surface area contributed by atoms with Gasteiger partial charge in [0.1, 0.15) is 5.82 Å². The van der Waals surface area contributed by atoms with Gasteiger partial charge in [-0.25, -0.2) is 18.9 Å². The molecule has 2 heterocycles. The van der Waals surface area contributed by atoms with Crippen molar-refractivity contribution in [3.63, 3.8) is 0 Å². The number of imidazole rings is 1. The molecule has 0 atom stereocenters. The van der Waals surface area contributed by atoms with Crippen molar-refractivity contribution in [2.75, 3.05) is 5.32 Å². The van der Waals surface area contributed by atoms with E-state index in [1.165, 1.54) is 16.5 Å². The first-order valence-electron chi connectivity index (χ1n) is 7.06. The number of rotatable bonds is 3. The standard InChI is InChI=1S/C16H12FN5O/c17-11-7-5-10(6-8-11)9-18-14-15(23)22-13-4-2-1-3-12(13)19-16(22)21-20-14/h1-8H,9H2,(H,18,20)(H,19,21). The van der Waals surface area contributed by atoms with E-state index in [2.05, 4.69) is 20.5 Å². The molecule has 0 spiro atoms. The maximum atomic E-state index is 12.9. The highest BCUT2D eigenvalue weighted by atomic mass is 19.1. The van der Waals surface area contributed by atoms with Gasteiger partial charge in [0.25, 0.3) is 0 Å². The highest BCUT2D eigenvalue weighted by Crippen LogP contribution is 2.13. The van der Waals surface area contributed by atoms with Gasteiger partial charge in [0.05, 0.1) is 11.0 Å². The first-order chi connectivity index (χ1) is 11.2. The number of nitrogens with zero attached hydrogens (tertiary/aromatic N) is 3. The van der Waals surface area contributed by atoms with Crippen LogP contribution < -0.4 is 10.9 Å². The van der Waals surface area contributed by atoms with Crippen LogP contribution in [0.5, 0.6) is 0 Å². The zero-order valence-corrected chi connectivity index (χ0v) is 12.0. The Balaban J connectivity index is 1.73. The average Bonchev–Trinajstić information content (AvgIpc) is 2.95. The molecule has 0 bridgehead atoms. The van der Waals surface area contributed by atoms with Crippen LogP contribution in [0.4, 0.5) is 10.2 Å². The van der Waals surface area contributed by atoms with Gasteiger partial charge in [-0.15, -0.1) is 5.10 Å². The smallest absolute Gasteiger partial charge is 0.302 e. The number of H-pyrrole nitrogens is 1. The molecule has 0 radical (unpaired) electrons. The maximum Gasteiger partial charge on any atom is 0.302 e. The second kappa shape index (κ2) is 5.20. The van der Waals surface area contributed by atoms with Crippen molar-refractivity contribution in [2.45, 2.75) is 6.54 Å². The Bertz CT molecular complexity index is 1050. The predicted molar refractivity (Wildman–Crippen MR) is 84.8 cm³/mol. The lowest BCUT2D eigenvalue weighted by atomic mass is 10.2. The van der Waals surface area contributed by atoms with E-state index in [0.717, 1.165) is 16.6 Å². The minimum atomic E-state index is -0.295. The molecule has 0 aliphatic heterocycles. The normalized spacial score (nSPS) is 11.2. The van der Waals surface area contributed by atoms with Crippen LogP contribution in [-0.4, -0.2) is 19.6 Å². The third kappa shape index (κ3) is 2.32. The van der Waals surface area contributed by atoms with Gasteiger partial charge in [0.15, 0.2) is 0 Å². The number of benzene rings is 2. The van der Waals surface area contributed by atoms with E-state index >= 15 is 0 Å². The number of hydrogen-bond donors (Lipinski definition) is 2. The van der Waals surface area contributed by atoms with Crippen molar-refractivity contribution in [1.29, 1.82) is 0 Å². The van der Waals surface area contributed by atoms with E-state index in [9.17, 15) is 9.18 Å². The Morgan fingerprint density at radius 2 is 1.91 bits per heavy atom. The van der Waals surface area contributed by atoms with Crippen molar-refractivity contribution >= 4 is 22.6 Å². The topological polar surface area (TPSA) is 75.1 Å². The van der Waals surface area contributed by atoms with Crippen LogP contribution in [-0.2, 0) is 6.54 Å². The molecule has 6 nitrogen and oxygen atoms in total. The van der Waals surface area contributed by atoms with Crippen LogP contribution in [0, 0.1) is 5.82 Å². The molecule has 7 heteroatoms. The molecule has 0 fully saturated rings. The van der Waals surface area contributed by atoms with Gasteiger partial charge in [-0.2, -0.15) is 0 Å². The molecule has 114 valence electrons. The largest absolute Gasteiger partial charge is 0.360 e. The summed E-state index contributed by atoms with van der Waals surface area (Å²) in [5, 5.41) is 9.77. The molecule has 0 amide bonds. The number of anilines is 1. The van der Waals surface area contributed by atoms with Gasteiger partial charge in [0.2, 0.25) is 11.6 Å². The third-order valence-electron chi connectivity index (χ3n) is 3.61. The molecule has 0 saturated carbocycles. The minimum Gasteiger partial charge on any atom is -0.360 e. The lowest BCUT2D eigenvalue weighted by Crippen LogP contribution is -2.21. The molecular weight excluding hydrogens is 297 g/mol. The van der Waals surface area contributed by atoms with Gasteiger partial charge in [-0.3, -0.25) is 4.79 Å². The van der Waals surface area contributed by atoms with E-state index in [0.29, 0.717) is 12.3 Å². The SMILES string of the molecule is O=c1c(NCc2ccc(F)cc2)n[nH]c2nc3ccccc3n12. The monoisotopic (exact) mass is 309 g/mol. The quantitative estimate of drug-likeness (QED) is 0.609. The van der Waals surface area contributed by atoms with E-state index < -0.39 is 0 Å². The van der Waals surface area contributed by atoms with Crippen LogP contribution in [0.3, 0.4) is 0 Å². The summed E-state index contributed by atoms with van der Waals surface area (Å²) in [4.78, 5) is 16.9. The molecule has 0 saturated heterocycles. The summed E-state index contributed by atoms with van der Waals surface area (Å²) < 4.78 is 14.4. The first kappa shape index (κ1) is 13.4. The Morgan fingerprint density at radius 3 is 2.74 bits per heavy atom. The first-order valence-corrected chi connectivity index (χ1v) is 7.06. The van der Waals surface area contributed by atoms with E-state index in [1.54, 1.807) is 12.1 Å². The van der Waals surface area contributed by atoms with Crippen LogP contribution in [0.1, 0.15) is 5.56 Å². The summed E-state index contributed by atoms with van der Waals surface area (Å²) >= 11 is 0. The van der Waals surface area contributed by atoms with Crippen molar-refractivity contribution in [3.05, 3.63) is 70.3 Å². The fourth-order valence-electron chi connectivity index (χ4n) is 2.47. The number of nitrogens with one attached hydrogen (secondary N) is 2. The third-order valence-corrected chi connectivity index (χ3v) is 3.61. The zero-order valence-electron chi connectivity index (χ0n) is 12.0. The van der Waals surface area contributed by atoms with Gasteiger partial charge >= 0.3 is 5.56 Å². The number of halogens is 1. The van der Waals surface area contributed by atoms with Crippen molar-refractivity contribution in [1.82, 2.24) is 19.6 Å². The fourth-order valence-corrected chi connectivity index (χ4v) is 2.47. The lowest BCUT2D eigenvalue weighted by molar-refractivity contribution is 0.627. The number of para-hydroxylation sites is 2. The molecule has 2 aromatic carbocycles. The predicted octanol–water partition coefficient (Wildman–Crippen LogP) is 2.32. The van der Waals surface area contributed by atoms with E-state index in [4.69, 9.17) is 0 Å². The van der Waals surface area contributed by atoms with Crippen LogP contribution in [0.2, 0.25) is 0 Å². The van der Waals surface area contributed by atoms with Crippen LogP contribution in [0.15, 0.2) is 53.3 Å². The molecule has 2 aromatic heterocycles. The Labute approximate surface area is 129 Å². The summed E-state index contributed by atoms with van der Waals surface area (Å²) in [5.41, 5.74) is 2.01. The zero-order chi connectivity index (χ0) is 15.8. The van der Waals surface area contributed by atoms with Crippen molar-refractivity contribution in [3.8, 4) is 0 Å². The highest BCUT2D eigenvalue weighted by Gasteiger charge is 2.11. The average molecular weight is 309 g/mol. The summed E-state index contributed by atoms with van der Waals surface area (Å²) in [7, 11) is 0. The van der Waals surface area contributed by atoms with Crippen molar-refractivity contribution < 1.29 is 4.39 Å². The van der Waals surface area contributed by atoms with Crippen LogP contribution >= 0.6 is 0 Å². The Morgan fingerprint density at radius 1 is 1.13 bits per heavy atom. The Kier molecular flexibility index (Phi) is 3.04. The molecule has 23 heavy (non-hydrogen) atoms. The van der Waals surface area contributed by atoms with Gasteiger partial charge < -0.3 is 5.32 Å². The molecule has 0 aliphatic rings. The molecular formula is C16H12FN5O. The molecule has 4 aromatic rings. The maximum absolute atomic E-state index is 12.9. The molecule has 0 aliphatic carbocycles. The molecule has 0 unspecified atom stereocenters. The minimum absolute atomic E-state index is 0.185. The highest BCUT2D eigenvalue weighted by molar-refractivity contribution is 5.79. The van der Waals surface area contributed by atoms with E-state index in [-0.39, 0.29) is 17.2 Å². The van der Waals surface area contributed by atoms with Crippen molar-refractivity contribution in [2.24, 2.45) is 0 Å². The summed E-state index contributed by atoms with van der Waals surface area (Å²) in [5.74, 6) is 0.282. The lowest BCUT2D eigenvalue weighted by Gasteiger charge is -2.05. The number of aromatic amines is 1. The summed E-state index contributed by atoms with van der Waals surface area (Å²) in [6.45, 7) is 0.370. The Hall–Kier alpha value is -3.22. The number of hydrogen-bond acceptors (Lipinski definition) is 4. The van der Waals surface area contributed by atoms with Gasteiger partial charge in [-0.1, -0.05) is 24.3 Å². The molecule has 4 rings (SSSR count). The van der Waals surface area contributed by atoms with Gasteiger partial charge in [-0.05, 0) is 29.8 Å². The number of fused-ring (bicyclic) bond motifs is 3. The fraction of sp³-hybridized carbons (Fsp3) is 0.0625. The number of aromatic nitrogens is 4. The van der Waals surface area contributed by atoms with Crippen LogP contribution in [0.25, 0.3) is 16.8 Å².